The van der Waals surface area contributed by atoms with Crippen LogP contribution in [0.4, 0.5) is 5.69 Å². The first kappa shape index (κ1) is 17.3. The number of nitrogens with zero attached hydrogens (tertiary/aromatic N) is 4. The Morgan fingerprint density at radius 3 is 2.73 bits per heavy atom. The first-order valence-corrected chi connectivity index (χ1v) is 8.14. The number of rotatable bonds is 5. The molecule has 2 heterocycles. The zero-order chi connectivity index (χ0) is 18.6. The van der Waals surface area contributed by atoms with Crippen LogP contribution in [-0.4, -0.2) is 32.4 Å². The van der Waals surface area contributed by atoms with E-state index < -0.39 is 5.41 Å². The van der Waals surface area contributed by atoms with Gasteiger partial charge in [0.1, 0.15) is 11.6 Å². The summed E-state index contributed by atoms with van der Waals surface area (Å²) < 4.78 is 0. The predicted octanol–water partition coefficient (Wildman–Crippen LogP) is 1.26. The number of benzene rings is 1. The molecule has 0 bridgehead atoms. The van der Waals surface area contributed by atoms with E-state index in [1.165, 1.54) is 6.20 Å². The molecule has 3 rings (SSSR count). The van der Waals surface area contributed by atoms with E-state index in [4.69, 9.17) is 5.26 Å². The van der Waals surface area contributed by atoms with E-state index in [2.05, 4.69) is 31.3 Å². The van der Waals surface area contributed by atoms with Crippen LogP contribution in [0, 0.1) is 11.3 Å². The largest absolute Gasteiger partial charge is 0.360 e. The number of carbonyl (C=O) groups is 2. The zero-order valence-corrected chi connectivity index (χ0v) is 14.1. The second-order valence-corrected chi connectivity index (χ2v) is 5.94. The maximum Gasteiger partial charge on any atom is 0.237 e. The Morgan fingerprint density at radius 1 is 1.38 bits per heavy atom. The summed E-state index contributed by atoms with van der Waals surface area (Å²) >= 11 is 0. The Kier molecular flexibility index (Phi) is 4.75. The van der Waals surface area contributed by atoms with E-state index in [9.17, 15) is 9.59 Å². The van der Waals surface area contributed by atoms with Crippen LogP contribution >= 0.6 is 0 Å². The molecule has 1 unspecified atom stereocenters. The molecule has 3 N–H and O–H groups in total. The lowest BCUT2D eigenvalue weighted by Crippen LogP contribution is -2.51. The number of tetrazole rings is 1. The van der Waals surface area contributed by atoms with Gasteiger partial charge in [-0.3, -0.25) is 14.9 Å². The molecule has 1 aromatic heterocycles. The topological polar surface area (TPSA) is 136 Å². The highest BCUT2D eigenvalue weighted by molar-refractivity contribution is 6.03. The molecule has 0 radical (unpaired) electrons. The zero-order valence-electron chi connectivity index (χ0n) is 14.1. The summed E-state index contributed by atoms with van der Waals surface area (Å²) in [5.41, 5.74) is 1.14. The number of aromatic nitrogens is 4. The molecule has 1 atom stereocenters. The molecule has 132 valence electrons. The standard InChI is InChI=1S/C17H17N7O2/c1-2-17(8-7-14(25)20-16(17)26)12-3-5-13(6-4-12)19-10-11(9-18)15-21-23-24-22-15/h3-6,10,19H,2,7-8H2,1H3,(H,20,25,26)(H,21,22,23,24). The van der Waals surface area contributed by atoms with Crippen LogP contribution < -0.4 is 10.6 Å². The van der Waals surface area contributed by atoms with Crippen molar-refractivity contribution in [3.8, 4) is 6.07 Å². The van der Waals surface area contributed by atoms with Crippen molar-refractivity contribution in [3.05, 3.63) is 41.9 Å². The maximum absolute atomic E-state index is 12.4. The number of carbonyl (C=O) groups excluding carboxylic acids is 2. The third-order valence-electron chi connectivity index (χ3n) is 4.60. The molecule has 26 heavy (non-hydrogen) atoms. The molecule has 0 saturated carbocycles. The number of aromatic amines is 1. The highest BCUT2D eigenvalue weighted by Gasteiger charge is 2.42. The lowest BCUT2D eigenvalue weighted by atomic mass is 9.72. The highest BCUT2D eigenvalue weighted by atomic mass is 16.2. The third-order valence-corrected chi connectivity index (χ3v) is 4.60. The molecule has 0 spiro atoms. The van der Waals surface area contributed by atoms with Crippen molar-refractivity contribution in [2.75, 3.05) is 5.32 Å². The van der Waals surface area contributed by atoms with Gasteiger partial charge in [0.25, 0.3) is 0 Å². The van der Waals surface area contributed by atoms with Crippen LogP contribution in [0.3, 0.4) is 0 Å². The molecule has 2 aromatic rings. The highest BCUT2D eigenvalue weighted by Crippen LogP contribution is 2.36. The molecule has 2 amide bonds. The quantitative estimate of drug-likeness (QED) is 0.545. The van der Waals surface area contributed by atoms with Gasteiger partial charge in [-0.1, -0.05) is 19.1 Å². The van der Waals surface area contributed by atoms with Gasteiger partial charge in [-0.05, 0) is 35.8 Å². The van der Waals surface area contributed by atoms with Crippen molar-refractivity contribution in [2.24, 2.45) is 0 Å². The Balaban J connectivity index is 1.79. The van der Waals surface area contributed by atoms with Gasteiger partial charge in [0.2, 0.25) is 17.6 Å². The average Bonchev–Trinajstić information content (AvgIpc) is 3.18. The van der Waals surface area contributed by atoms with E-state index in [1.807, 2.05) is 37.3 Å². The normalized spacial score (nSPS) is 20.4. The number of H-pyrrole nitrogens is 1. The molecule has 1 aromatic carbocycles. The lowest BCUT2D eigenvalue weighted by molar-refractivity contribution is -0.138. The SMILES string of the molecule is CCC1(c2ccc(NC=C(C#N)c3nn[nH]n3)cc2)CCC(=O)NC1=O. The molecule has 1 aliphatic rings. The van der Waals surface area contributed by atoms with E-state index in [-0.39, 0.29) is 23.2 Å². The van der Waals surface area contributed by atoms with E-state index in [1.54, 1.807) is 0 Å². The summed E-state index contributed by atoms with van der Waals surface area (Å²) in [6.45, 7) is 1.94. The summed E-state index contributed by atoms with van der Waals surface area (Å²) in [7, 11) is 0. The number of hydrogen-bond donors (Lipinski definition) is 3. The Labute approximate surface area is 149 Å². The van der Waals surface area contributed by atoms with Gasteiger partial charge in [0.15, 0.2) is 0 Å². The van der Waals surface area contributed by atoms with E-state index in [0.29, 0.717) is 19.3 Å². The molecular formula is C17H17N7O2. The molecule has 1 aliphatic heterocycles. The van der Waals surface area contributed by atoms with Crippen molar-refractivity contribution in [1.29, 1.82) is 5.26 Å². The number of amides is 2. The monoisotopic (exact) mass is 351 g/mol. The number of imide groups is 1. The van der Waals surface area contributed by atoms with Gasteiger partial charge in [-0.15, -0.1) is 10.2 Å². The first-order chi connectivity index (χ1) is 12.6. The van der Waals surface area contributed by atoms with Crippen molar-refractivity contribution in [3.63, 3.8) is 0 Å². The molecule has 9 heteroatoms. The van der Waals surface area contributed by atoms with Gasteiger partial charge >= 0.3 is 0 Å². The fourth-order valence-corrected chi connectivity index (χ4v) is 3.03. The fourth-order valence-electron chi connectivity index (χ4n) is 3.03. The van der Waals surface area contributed by atoms with Gasteiger partial charge in [0.05, 0.1) is 5.41 Å². The van der Waals surface area contributed by atoms with Crippen LogP contribution in [0.2, 0.25) is 0 Å². The number of nitrogens with one attached hydrogen (secondary N) is 3. The Bertz CT molecular complexity index is 881. The second-order valence-electron chi connectivity index (χ2n) is 5.94. The minimum Gasteiger partial charge on any atom is -0.360 e. The smallest absolute Gasteiger partial charge is 0.237 e. The number of nitriles is 1. The van der Waals surface area contributed by atoms with Crippen molar-refractivity contribution in [2.45, 2.75) is 31.6 Å². The van der Waals surface area contributed by atoms with Crippen molar-refractivity contribution < 1.29 is 9.59 Å². The Hall–Kier alpha value is -3.54. The van der Waals surface area contributed by atoms with E-state index >= 15 is 0 Å². The van der Waals surface area contributed by atoms with Gasteiger partial charge in [-0.25, -0.2) is 0 Å². The number of anilines is 1. The van der Waals surface area contributed by atoms with Gasteiger partial charge < -0.3 is 5.32 Å². The summed E-state index contributed by atoms with van der Waals surface area (Å²) in [6, 6.07) is 9.34. The Morgan fingerprint density at radius 2 is 2.15 bits per heavy atom. The first-order valence-electron chi connectivity index (χ1n) is 8.14. The fraction of sp³-hybridized carbons (Fsp3) is 0.294. The van der Waals surface area contributed by atoms with Crippen LogP contribution in [0.1, 0.15) is 37.6 Å². The number of hydrogen-bond acceptors (Lipinski definition) is 7. The summed E-state index contributed by atoms with van der Waals surface area (Å²) in [5.74, 6) is -0.279. The van der Waals surface area contributed by atoms with E-state index in [0.717, 1.165) is 11.3 Å². The third kappa shape index (κ3) is 3.17. The van der Waals surface area contributed by atoms with Gasteiger partial charge in [0, 0.05) is 18.3 Å². The van der Waals surface area contributed by atoms with Gasteiger partial charge in [-0.2, -0.15) is 10.5 Å². The van der Waals surface area contributed by atoms with Crippen LogP contribution in [0.15, 0.2) is 30.5 Å². The predicted molar refractivity (Wildman–Crippen MR) is 92.2 cm³/mol. The lowest BCUT2D eigenvalue weighted by Gasteiger charge is -2.35. The summed E-state index contributed by atoms with van der Waals surface area (Å²) in [5, 5.41) is 27.8. The van der Waals surface area contributed by atoms with Crippen molar-refractivity contribution >= 4 is 23.1 Å². The van der Waals surface area contributed by atoms with Crippen molar-refractivity contribution in [1.82, 2.24) is 25.9 Å². The summed E-state index contributed by atoms with van der Waals surface area (Å²) in [4.78, 5) is 23.9. The van der Waals surface area contributed by atoms with Crippen LogP contribution in [0.5, 0.6) is 0 Å². The molecule has 0 aliphatic carbocycles. The minimum absolute atomic E-state index is 0.199. The average molecular weight is 351 g/mol. The second kappa shape index (κ2) is 7.14. The molecule has 9 nitrogen and oxygen atoms in total. The number of piperidine rings is 1. The minimum atomic E-state index is -0.690. The molecule has 1 saturated heterocycles. The van der Waals surface area contributed by atoms with Crippen LogP contribution in [0.25, 0.3) is 5.57 Å². The molecular weight excluding hydrogens is 334 g/mol. The van der Waals surface area contributed by atoms with Crippen LogP contribution in [-0.2, 0) is 15.0 Å². The summed E-state index contributed by atoms with van der Waals surface area (Å²) in [6.07, 6.45) is 2.92. The molecule has 1 fully saturated rings. The number of allylic oxidation sites excluding steroid dienone is 1. The maximum atomic E-state index is 12.4.